The van der Waals surface area contributed by atoms with Crippen molar-refractivity contribution in [2.24, 2.45) is 0 Å². The molecule has 2 N–H and O–H groups in total. The van der Waals surface area contributed by atoms with Crippen molar-refractivity contribution in [1.82, 2.24) is 20.3 Å². The van der Waals surface area contributed by atoms with Crippen molar-refractivity contribution in [3.05, 3.63) is 90.5 Å². The van der Waals surface area contributed by atoms with E-state index >= 15 is 0 Å². The number of pyridine rings is 3. The summed E-state index contributed by atoms with van der Waals surface area (Å²) >= 11 is 0. The van der Waals surface area contributed by atoms with Crippen molar-refractivity contribution in [3.63, 3.8) is 0 Å². The number of carbonyl (C=O) groups is 1. The van der Waals surface area contributed by atoms with E-state index in [2.05, 4.69) is 25.6 Å². The van der Waals surface area contributed by atoms with Crippen LogP contribution in [0.3, 0.4) is 0 Å². The van der Waals surface area contributed by atoms with Crippen molar-refractivity contribution < 1.29 is 4.79 Å². The second-order valence-corrected chi connectivity index (χ2v) is 5.97. The molecule has 0 radical (unpaired) electrons. The summed E-state index contributed by atoms with van der Waals surface area (Å²) in [6.45, 7) is 0.444. The molecule has 0 saturated heterocycles. The Morgan fingerprint density at radius 1 is 0.889 bits per heavy atom. The Labute approximate surface area is 156 Å². The van der Waals surface area contributed by atoms with Crippen molar-refractivity contribution in [2.75, 3.05) is 5.32 Å². The lowest BCUT2D eigenvalue weighted by atomic mass is 10.2. The summed E-state index contributed by atoms with van der Waals surface area (Å²) in [5.74, 6) is 0.429. The molecule has 0 aliphatic carbocycles. The monoisotopic (exact) mass is 355 g/mol. The fourth-order valence-electron chi connectivity index (χ4n) is 2.77. The highest BCUT2D eigenvalue weighted by molar-refractivity contribution is 5.95. The number of amides is 1. The Morgan fingerprint density at radius 3 is 2.63 bits per heavy atom. The van der Waals surface area contributed by atoms with Gasteiger partial charge in [-0.3, -0.25) is 14.8 Å². The number of aromatic nitrogens is 3. The number of fused-ring (bicyclic) bond motifs is 1. The molecule has 0 saturated carbocycles. The molecule has 6 nitrogen and oxygen atoms in total. The molecule has 3 heterocycles. The van der Waals surface area contributed by atoms with Crippen molar-refractivity contribution >= 4 is 28.3 Å². The number of anilines is 2. The Kier molecular flexibility index (Phi) is 4.70. The quantitative estimate of drug-likeness (QED) is 0.571. The van der Waals surface area contributed by atoms with Crippen molar-refractivity contribution in [3.8, 4) is 0 Å². The normalized spacial score (nSPS) is 10.5. The molecule has 0 aliphatic heterocycles. The fraction of sp³-hybridized carbons (Fsp3) is 0.0476. The van der Waals surface area contributed by atoms with E-state index < -0.39 is 0 Å². The lowest BCUT2D eigenvalue weighted by molar-refractivity contribution is 0.0951. The molecule has 1 aromatic carbocycles. The van der Waals surface area contributed by atoms with Gasteiger partial charge in [0.2, 0.25) is 0 Å². The second kappa shape index (κ2) is 7.61. The number of carbonyl (C=O) groups excluding carboxylic acids is 1. The molecule has 1 amide bonds. The van der Waals surface area contributed by atoms with Crippen LogP contribution in [0.5, 0.6) is 0 Å². The van der Waals surface area contributed by atoms with Crippen LogP contribution in [-0.4, -0.2) is 20.9 Å². The number of hydrogen-bond acceptors (Lipinski definition) is 5. The average Bonchev–Trinajstić information content (AvgIpc) is 2.73. The second-order valence-electron chi connectivity index (χ2n) is 5.97. The van der Waals surface area contributed by atoms with E-state index in [0.717, 1.165) is 22.2 Å². The molecule has 0 fully saturated rings. The summed E-state index contributed by atoms with van der Waals surface area (Å²) in [7, 11) is 0. The molecule has 3 aromatic heterocycles. The summed E-state index contributed by atoms with van der Waals surface area (Å²) in [6, 6.07) is 17.0. The SMILES string of the molecule is O=C(NCc1ccncc1)c1ccnc(Nc2cccc3cccnc23)c1. The van der Waals surface area contributed by atoms with Crippen LogP contribution < -0.4 is 10.6 Å². The minimum absolute atomic E-state index is 0.159. The van der Waals surface area contributed by atoms with Gasteiger partial charge in [-0.15, -0.1) is 0 Å². The van der Waals surface area contributed by atoms with Gasteiger partial charge in [-0.25, -0.2) is 4.98 Å². The highest BCUT2D eigenvalue weighted by atomic mass is 16.1. The van der Waals surface area contributed by atoms with Gasteiger partial charge in [0.25, 0.3) is 5.91 Å². The van der Waals surface area contributed by atoms with Gasteiger partial charge in [0.1, 0.15) is 5.82 Å². The molecule has 4 aromatic rings. The summed E-state index contributed by atoms with van der Waals surface area (Å²) in [6.07, 6.45) is 6.77. The van der Waals surface area contributed by atoms with E-state index in [-0.39, 0.29) is 5.91 Å². The van der Waals surface area contributed by atoms with E-state index in [1.165, 1.54) is 0 Å². The molecule has 0 bridgehead atoms. The van der Waals surface area contributed by atoms with Gasteiger partial charge in [-0.2, -0.15) is 0 Å². The third-order valence-electron chi connectivity index (χ3n) is 4.12. The molecule has 0 spiro atoms. The zero-order chi connectivity index (χ0) is 18.5. The third-order valence-corrected chi connectivity index (χ3v) is 4.12. The van der Waals surface area contributed by atoms with Crippen LogP contribution >= 0.6 is 0 Å². The molecule has 0 aliphatic rings. The lowest BCUT2D eigenvalue weighted by Crippen LogP contribution is -2.22. The Hall–Kier alpha value is -3.80. The smallest absolute Gasteiger partial charge is 0.251 e. The van der Waals surface area contributed by atoms with Crippen LogP contribution in [0.2, 0.25) is 0 Å². The first kappa shape index (κ1) is 16.7. The van der Waals surface area contributed by atoms with Gasteiger partial charge in [0, 0.05) is 42.3 Å². The first-order valence-electron chi connectivity index (χ1n) is 8.53. The Bertz CT molecular complexity index is 1080. The van der Waals surface area contributed by atoms with Gasteiger partial charge < -0.3 is 10.6 Å². The van der Waals surface area contributed by atoms with E-state index in [0.29, 0.717) is 17.9 Å². The topological polar surface area (TPSA) is 79.8 Å². The minimum Gasteiger partial charge on any atom is -0.348 e. The number of benzene rings is 1. The lowest BCUT2D eigenvalue weighted by Gasteiger charge is -2.10. The zero-order valence-electron chi connectivity index (χ0n) is 14.5. The van der Waals surface area contributed by atoms with Crippen LogP contribution in [0.4, 0.5) is 11.5 Å². The maximum absolute atomic E-state index is 12.4. The van der Waals surface area contributed by atoms with Crippen LogP contribution in [0.1, 0.15) is 15.9 Å². The molecule has 6 heteroatoms. The van der Waals surface area contributed by atoms with Gasteiger partial charge in [0.15, 0.2) is 0 Å². The predicted octanol–water partition coefficient (Wildman–Crippen LogP) is 3.70. The van der Waals surface area contributed by atoms with E-state index in [1.54, 1.807) is 36.9 Å². The van der Waals surface area contributed by atoms with Gasteiger partial charge in [-0.05, 0) is 42.0 Å². The standard InChI is InChI=1S/C21H17N5O/c27-21(25-14-15-6-10-22-11-7-15)17-8-12-23-19(13-17)26-18-5-1-3-16-4-2-9-24-20(16)18/h1-13H,14H2,(H,23,26)(H,25,27). The van der Waals surface area contributed by atoms with Gasteiger partial charge in [0.05, 0.1) is 11.2 Å². The molecule has 4 rings (SSSR count). The van der Waals surface area contributed by atoms with Crippen LogP contribution in [0.25, 0.3) is 10.9 Å². The molecule has 0 atom stereocenters. The summed E-state index contributed by atoms with van der Waals surface area (Å²) in [4.78, 5) is 25.1. The highest BCUT2D eigenvalue weighted by Gasteiger charge is 2.08. The van der Waals surface area contributed by atoms with E-state index in [4.69, 9.17) is 0 Å². The van der Waals surface area contributed by atoms with E-state index in [9.17, 15) is 4.79 Å². The number of nitrogens with one attached hydrogen (secondary N) is 2. The summed E-state index contributed by atoms with van der Waals surface area (Å²) in [5, 5.41) is 7.19. The zero-order valence-corrected chi connectivity index (χ0v) is 14.5. The molecule has 132 valence electrons. The maximum atomic E-state index is 12.4. The Morgan fingerprint density at radius 2 is 1.74 bits per heavy atom. The first-order valence-corrected chi connectivity index (χ1v) is 8.53. The minimum atomic E-state index is -0.159. The number of nitrogens with zero attached hydrogens (tertiary/aromatic N) is 3. The van der Waals surface area contributed by atoms with Crippen LogP contribution in [0, 0.1) is 0 Å². The van der Waals surface area contributed by atoms with Gasteiger partial charge in [-0.1, -0.05) is 18.2 Å². The Balaban J connectivity index is 1.51. The molecular weight excluding hydrogens is 338 g/mol. The number of para-hydroxylation sites is 1. The molecule has 27 heavy (non-hydrogen) atoms. The van der Waals surface area contributed by atoms with Crippen LogP contribution in [0.15, 0.2) is 79.4 Å². The van der Waals surface area contributed by atoms with Gasteiger partial charge >= 0.3 is 0 Å². The molecule has 0 unspecified atom stereocenters. The average molecular weight is 355 g/mol. The van der Waals surface area contributed by atoms with Crippen LogP contribution in [-0.2, 0) is 6.54 Å². The van der Waals surface area contributed by atoms with Crippen molar-refractivity contribution in [1.29, 1.82) is 0 Å². The molecular formula is C21H17N5O. The number of hydrogen-bond donors (Lipinski definition) is 2. The third kappa shape index (κ3) is 3.90. The predicted molar refractivity (Wildman–Crippen MR) is 105 cm³/mol. The first-order chi connectivity index (χ1) is 13.3. The largest absolute Gasteiger partial charge is 0.348 e. The van der Waals surface area contributed by atoms with E-state index in [1.807, 2.05) is 42.5 Å². The fourth-order valence-corrected chi connectivity index (χ4v) is 2.77. The highest BCUT2D eigenvalue weighted by Crippen LogP contribution is 2.23. The summed E-state index contributed by atoms with van der Waals surface area (Å²) in [5.41, 5.74) is 3.23. The maximum Gasteiger partial charge on any atom is 0.251 e. The van der Waals surface area contributed by atoms with Crippen molar-refractivity contribution in [2.45, 2.75) is 6.54 Å². The summed E-state index contributed by atoms with van der Waals surface area (Å²) < 4.78 is 0. The number of rotatable bonds is 5.